The lowest BCUT2D eigenvalue weighted by atomic mass is 10.2. The highest BCUT2D eigenvalue weighted by Crippen LogP contribution is 2.23. The summed E-state index contributed by atoms with van der Waals surface area (Å²) in [6.45, 7) is 1.56. The van der Waals surface area contributed by atoms with E-state index in [-0.39, 0.29) is 33.1 Å². The molecule has 0 unspecified atom stereocenters. The summed E-state index contributed by atoms with van der Waals surface area (Å²) >= 11 is 5.84. The Morgan fingerprint density at radius 1 is 1.19 bits per heavy atom. The van der Waals surface area contributed by atoms with E-state index in [2.05, 4.69) is 15.5 Å². The van der Waals surface area contributed by atoms with Gasteiger partial charge in [0.1, 0.15) is 5.82 Å². The molecule has 2 aromatic carbocycles. The SMILES string of the molecule is CCS(=O)(=O)c1ccc(-c2nnc(NC(=O)c3ccc(F)cc3Cl)o2)cc1. The van der Waals surface area contributed by atoms with Gasteiger partial charge >= 0.3 is 6.01 Å². The summed E-state index contributed by atoms with van der Waals surface area (Å²) in [5.74, 6) is -1.12. The average molecular weight is 410 g/mol. The van der Waals surface area contributed by atoms with Crippen LogP contribution < -0.4 is 5.32 Å². The molecule has 1 heterocycles. The minimum atomic E-state index is -3.31. The van der Waals surface area contributed by atoms with Crippen molar-refractivity contribution in [2.75, 3.05) is 11.1 Å². The molecule has 0 saturated heterocycles. The number of halogens is 2. The number of hydrogen-bond acceptors (Lipinski definition) is 6. The van der Waals surface area contributed by atoms with E-state index in [0.717, 1.165) is 12.1 Å². The number of carbonyl (C=O) groups is 1. The third-order valence-corrected chi connectivity index (χ3v) is 5.72. The van der Waals surface area contributed by atoms with Crippen LogP contribution in [-0.4, -0.2) is 30.3 Å². The first-order valence-electron chi connectivity index (χ1n) is 7.73. The normalized spacial score (nSPS) is 11.4. The topological polar surface area (TPSA) is 102 Å². The molecule has 0 radical (unpaired) electrons. The number of aromatic nitrogens is 2. The Bertz CT molecular complexity index is 1100. The molecule has 0 aliphatic rings. The van der Waals surface area contributed by atoms with Gasteiger partial charge in [-0.3, -0.25) is 10.1 Å². The highest BCUT2D eigenvalue weighted by Gasteiger charge is 2.16. The first-order valence-corrected chi connectivity index (χ1v) is 9.76. The number of rotatable bonds is 5. The van der Waals surface area contributed by atoms with Gasteiger partial charge in [0.15, 0.2) is 9.84 Å². The molecule has 0 atom stereocenters. The first-order chi connectivity index (χ1) is 12.8. The summed E-state index contributed by atoms with van der Waals surface area (Å²) in [6, 6.07) is 9.10. The van der Waals surface area contributed by atoms with Crippen LogP contribution in [0.25, 0.3) is 11.5 Å². The van der Waals surface area contributed by atoms with E-state index in [0.29, 0.717) is 5.56 Å². The Balaban J connectivity index is 1.78. The number of nitrogens with zero attached hydrogens (tertiary/aromatic N) is 2. The maximum Gasteiger partial charge on any atom is 0.322 e. The van der Waals surface area contributed by atoms with Gasteiger partial charge in [-0.25, -0.2) is 12.8 Å². The smallest absolute Gasteiger partial charge is 0.322 e. The Hall–Kier alpha value is -2.78. The van der Waals surface area contributed by atoms with Crippen molar-refractivity contribution < 1.29 is 22.0 Å². The zero-order valence-corrected chi connectivity index (χ0v) is 15.5. The highest BCUT2D eigenvalue weighted by molar-refractivity contribution is 7.91. The summed E-state index contributed by atoms with van der Waals surface area (Å²) in [6.07, 6.45) is 0. The number of hydrogen-bond donors (Lipinski definition) is 1. The fourth-order valence-electron chi connectivity index (χ4n) is 2.20. The van der Waals surface area contributed by atoms with Crippen molar-refractivity contribution in [1.82, 2.24) is 10.2 Å². The van der Waals surface area contributed by atoms with Crippen LogP contribution >= 0.6 is 11.6 Å². The molecule has 140 valence electrons. The molecule has 1 aromatic heterocycles. The molecule has 1 amide bonds. The maximum atomic E-state index is 13.1. The number of amides is 1. The fraction of sp³-hybridized carbons (Fsp3) is 0.118. The number of anilines is 1. The summed E-state index contributed by atoms with van der Waals surface area (Å²) < 4.78 is 42.1. The van der Waals surface area contributed by atoms with Crippen LogP contribution in [0.5, 0.6) is 0 Å². The number of sulfone groups is 1. The third-order valence-electron chi connectivity index (χ3n) is 3.66. The van der Waals surface area contributed by atoms with Gasteiger partial charge in [0.25, 0.3) is 5.91 Å². The summed E-state index contributed by atoms with van der Waals surface area (Å²) in [7, 11) is -3.31. The van der Waals surface area contributed by atoms with E-state index < -0.39 is 21.6 Å². The Morgan fingerprint density at radius 3 is 2.52 bits per heavy atom. The molecular weight excluding hydrogens is 397 g/mol. The Labute approximate surface area is 159 Å². The van der Waals surface area contributed by atoms with Crippen LogP contribution in [0.1, 0.15) is 17.3 Å². The van der Waals surface area contributed by atoms with Crippen molar-refractivity contribution in [1.29, 1.82) is 0 Å². The predicted octanol–water partition coefficient (Wildman–Crippen LogP) is 3.58. The summed E-state index contributed by atoms with van der Waals surface area (Å²) in [4.78, 5) is 12.4. The summed E-state index contributed by atoms with van der Waals surface area (Å²) in [5.41, 5.74) is 0.532. The van der Waals surface area contributed by atoms with Gasteiger partial charge < -0.3 is 4.42 Å². The number of nitrogens with one attached hydrogen (secondary N) is 1. The molecule has 0 aliphatic carbocycles. The van der Waals surface area contributed by atoms with E-state index in [1.807, 2.05) is 0 Å². The van der Waals surface area contributed by atoms with E-state index in [1.54, 1.807) is 6.92 Å². The molecular formula is C17H13ClFN3O4S. The lowest BCUT2D eigenvalue weighted by molar-refractivity contribution is 0.102. The van der Waals surface area contributed by atoms with Crippen LogP contribution in [0.2, 0.25) is 5.02 Å². The lowest BCUT2D eigenvalue weighted by Gasteiger charge is -2.03. The molecule has 3 aromatic rings. The van der Waals surface area contributed by atoms with E-state index >= 15 is 0 Å². The molecule has 10 heteroatoms. The molecule has 7 nitrogen and oxygen atoms in total. The first kappa shape index (κ1) is 19.0. The van der Waals surface area contributed by atoms with Gasteiger partial charge in [-0.05, 0) is 42.5 Å². The zero-order chi connectivity index (χ0) is 19.6. The van der Waals surface area contributed by atoms with E-state index in [4.69, 9.17) is 16.0 Å². The number of benzene rings is 2. The average Bonchev–Trinajstić information content (AvgIpc) is 3.10. The van der Waals surface area contributed by atoms with Crippen LogP contribution in [0.3, 0.4) is 0 Å². The molecule has 0 aliphatic heterocycles. The molecule has 3 rings (SSSR count). The molecule has 0 saturated carbocycles. The zero-order valence-electron chi connectivity index (χ0n) is 13.9. The second-order valence-corrected chi connectivity index (χ2v) is 8.10. The molecule has 0 spiro atoms. The second kappa shape index (κ2) is 7.45. The molecule has 0 fully saturated rings. The Morgan fingerprint density at radius 2 is 1.89 bits per heavy atom. The standard InChI is InChI=1S/C17H13ClFN3O4S/c1-2-27(24,25)12-6-3-10(4-7-12)16-21-22-17(26-16)20-15(23)13-8-5-11(19)9-14(13)18/h3-9H,2H2,1H3,(H,20,22,23). The minimum absolute atomic E-state index is 0.00493. The second-order valence-electron chi connectivity index (χ2n) is 5.42. The summed E-state index contributed by atoms with van der Waals surface area (Å²) in [5, 5.41) is 9.83. The van der Waals surface area contributed by atoms with E-state index in [1.165, 1.54) is 30.3 Å². The number of carbonyl (C=O) groups excluding carboxylic acids is 1. The molecule has 0 bridgehead atoms. The van der Waals surface area contributed by atoms with Crippen molar-refractivity contribution in [3.63, 3.8) is 0 Å². The molecule has 27 heavy (non-hydrogen) atoms. The molecule has 1 N–H and O–H groups in total. The van der Waals surface area contributed by atoms with Crippen molar-refractivity contribution in [3.05, 3.63) is 58.9 Å². The van der Waals surface area contributed by atoms with Crippen molar-refractivity contribution >= 4 is 33.4 Å². The van der Waals surface area contributed by atoms with Gasteiger partial charge in [-0.15, -0.1) is 5.10 Å². The van der Waals surface area contributed by atoms with Crippen LogP contribution in [0.4, 0.5) is 10.4 Å². The predicted molar refractivity (Wildman–Crippen MR) is 96.8 cm³/mol. The largest absolute Gasteiger partial charge is 0.403 e. The van der Waals surface area contributed by atoms with Crippen molar-refractivity contribution in [2.45, 2.75) is 11.8 Å². The van der Waals surface area contributed by atoms with Gasteiger partial charge in [0.05, 0.1) is 21.2 Å². The fourth-order valence-corrected chi connectivity index (χ4v) is 3.34. The van der Waals surface area contributed by atoms with Crippen LogP contribution in [-0.2, 0) is 9.84 Å². The van der Waals surface area contributed by atoms with Crippen molar-refractivity contribution in [3.8, 4) is 11.5 Å². The van der Waals surface area contributed by atoms with Crippen LogP contribution in [0.15, 0.2) is 51.8 Å². The highest BCUT2D eigenvalue weighted by atomic mass is 35.5. The minimum Gasteiger partial charge on any atom is -0.403 e. The van der Waals surface area contributed by atoms with E-state index in [9.17, 15) is 17.6 Å². The maximum absolute atomic E-state index is 13.1. The quantitative estimate of drug-likeness (QED) is 0.691. The van der Waals surface area contributed by atoms with Gasteiger partial charge in [-0.2, -0.15) is 0 Å². The van der Waals surface area contributed by atoms with Gasteiger partial charge in [0, 0.05) is 5.56 Å². The van der Waals surface area contributed by atoms with Crippen LogP contribution in [0, 0.1) is 5.82 Å². The lowest BCUT2D eigenvalue weighted by Crippen LogP contribution is -2.12. The Kier molecular flexibility index (Phi) is 5.24. The van der Waals surface area contributed by atoms with Crippen molar-refractivity contribution in [2.24, 2.45) is 0 Å². The van der Waals surface area contributed by atoms with Gasteiger partial charge in [0.2, 0.25) is 5.89 Å². The third kappa shape index (κ3) is 4.15. The van der Waals surface area contributed by atoms with Gasteiger partial charge in [-0.1, -0.05) is 23.6 Å². The monoisotopic (exact) mass is 409 g/mol.